The maximum Gasteiger partial charge on any atom is 0.208 e. The zero-order valence-corrected chi connectivity index (χ0v) is 10.3. The Bertz CT molecular complexity index is 480. The van der Waals surface area contributed by atoms with Crippen molar-refractivity contribution in [3.63, 3.8) is 0 Å². The number of benzene rings is 1. The van der Waals surface area contributed by atoms with Crippen LogP contribution in [0, 0.1) is 0 Å². The summed E-state index contributed by atoms with van der Waals surface area (Å²) in [6.45, 7) is 2.10. The normalized spacial score (nSPS) is 15.1. The van der Waals surface area contributed by atoms with Gasteiger partial charge in [0.05, 0.1) is 6.61 Å². The van der Waals surface area contributed by atoms with Crippen LogP contribution in [-0.4, -0.2) is 12.4 Å². The van der Waals surface area contributed by atoms with Crippen LogP contribution in [0.4, 0.5) is 4.39 Å². The number of ketones is 1. The Labute approximate surface area is 101 Å². The Morgan fingerprint density at radius 2 is 2.25 bits per heavy atom. The van der Waals surface area contributed by atoms with Crippen LogP contribution in [0.2, 0.25) is 0 Å². The van der Waals surface area contributed by atoms with Gasteiger partial charge in [0.15, 0.2) is 11.5 Å². The topological polar surface area (TPSA) is 26.3 Å². The second-order valence-electron chi connectivity index (χ2n) is 3.48. The number of rotatable bonds is 2. The molecule has 0 saturated carbocycles. The smallest absolute Gasteiger partial charge is 0.208 e. The molecule has 1 aromatic carbocycles. The Kier molecular flexibility index (Phi) is 3.10. The lowest BCUT2D eigenvalue weighted by molar-refractivity contribution is -0.116. The predicted molar refractivity (Wildman–Crippen MR) is 62.5 cm³/mol. The van der Waals surface area contributed by atoms with Crippen molar-refractivity contribution >= 4 is 27.5 Å². The van der Waals surface area contributed by atoms with Crippen LogP contribution < -0.4 is 0 Å². The van der Waals surface area contributed by atoms with Gasteiger partial charge in [-0.15, -0.1) is 0 Å². The molecular weight excluding hydrogens is 275 g/mol. The van der Waals surface area contributed by atoms with Gasteiger partial charge in [0, 0.05) is 16.5 Å². The summed E-state index contributed by atoms with van der Waals surface area (Å²) in [5.41, 5.74) is 1.46. The van der Waals surface area contributed by atoms with Crippen LogP contribution >= 0.6 is 15.9 Å². The van der Waals surface area contributed by atoms with Gasteiger partial charge in [-0.1, -0.05) is 15.9 Å². The number of halogens is 2. The molecule has 2 rings (SSSR count). The lowest BCUT2D eigenvalue weighted by atomic mass is 9.94. The number of allylic oxidation sites excluding steroid dienone is 1. The minimum absolute atomic E-state index is 0.0706. The van der Waals surface area contributed by atoms with Crippen molar-refractivity contribution in [2.24, 2.45) is 0 Å². The van der Waals surface area contributed by atoms with Crippen LogP contribution in [0.3, 0.4) is 0 Å². The van der Waals surface area contributed by atoms with E-state index in [1.54, 1.807) is 19.1 Å². The first-order valence-electron chi connectivity index (χ1n) is 4.98. The number of hydrogen-bond acceptors (Lipinski definition) is 2. The van der Waals surface area contributed by atoms with Gasteiger partial charge in [0.2, 0.25) is 5.83 Å². The van der Waals surface area contributed by atoms with Gasteiger partial charge in [-0.05, 0) is 30.7 Å². The maximum absolute atomic E-state index is 13.6. The van der Waals surface area contributed by atoms with Crippen molar-refractivity contribution in [3.8, 4) is 0 Å². The van der Waals surface area contributed by atoms with Gasteiger partial charge in [0.1, 0.15) is 0 Å². The quantitative estimate of drug-likeness (QED) is 0.833. The largest absolute Gasteiger partial charge is 0.490 e. The third-order valence-corrected chi connectivity index (χ3v) is 2.89. The van der Waals surface area contributed by atoms with Crippen LogP contribution in [0.1, 0.15) is 18.1 Å². The fraction of sp³-hybridized carbons (Fsp3) is 0.250. The van der Waals surface area contributed by atoms with Gasteiger partial charge in [-0.2, -0.15) is 4.39 Å². The molecule has 16 heavy (non-hydrogen) atoms. The Morgan fingerprint density at radius 3 is 2.94 bits per heavy atom. The fourth-order valence-corrected chi connectivity index (χ4v) is 2.12. The highest BCUT2D eigenvalue weighted by atomic mass is 79.9. The number of carbonyl (C=O) groups excluding carboxylic acids is 1. The Hall–Kier alpha value is -1.16. The minimum atomic E-state index is -0.767. The molecule has 2 nitrogen and oxygen atoms in total. The summed E-state index contributed by atoms with van der Waals surface area (Å²) in [4.78, 5) is 11.4. The summed E-state index contributed by atoms with van der Waals surface area (Å²) < 4.78 is 19.7. The summed E-state index contributed by atoms with van der Waals surface area (Å²) >= 11 is 3.32. The molecular formula is C12H10BrFO2. The number of Topliss-reactive ketones (excluding diaryl/α,β-unsaturated/α-hetero) is 1. The molecule has 1 aliphatic rings. The van der Waals surface area contributed by atoms with Crippen LogP contribution in [0.25, 0.3) is 5.76 Å². The molecule has 4 heteroatoms. The van der Waals surface area contributed by atoms with Gasteiger partial charge in [-0.3, -0.25) is 4.79 Å². The highest BCUT2D eigenvalue weighted by Gasteiger charge is 2.27. The zero-order chi connectivity index (χ0) is 11.7. The van der Waals surface area contributed by atoms with Crippen molar-refractivity contribution in [2.75, 3.05) is 6.61 Å². The molecule has 1 aromatic rings. The van der Waals surface area contributed by atoms with Crippen molar-refractivity contribution < 1.29 is 13.9 Å². The van der Waals surface area contributed by atoms with E-state index in [2.05, 4.69) is 15.9 Å². The lowest BCUT2D eigenvalue weighted by Gasteiger charge is -2.18. The van der Waals surface area contributed by atoms with Crippen molar-refractivity contribution in [1.29, 1.82) is 0 Å². The minimum Gasteiger partial charge on any atom is -0.490 e. The molecule has 0 aromatic heterocycles. The van der Waals surface area contributed by atoms with Crippen LogP contribution in [-0.2, 0) is 16.0 Å². The molecule has 0 unspecified atom stereocenters. The van der Waals surface area contributed by atoms with Gasteiger partial charge >= 0.3 is 0 Å². The molecule has 0 heterocycles. The fourth-order valence-electron chi connectivity index (χ4n) is 1.71. The van der Waals surface area contributed by atoms with Gasteiger partial charge < -0.3 is 4.74 Å². The van der Waals surface area contributed by atoms with E-state index in [-0.39, 0.29) is 12.2 Å². The molecule has 0 atom stereocenters. The van der Waals surface area contributed by atoms with Crippen molar-refractivity contribution in [1.82, 2.24) is 0 Å². The molecule has 0 radical (unpaired) electrons. The molecule has 0 fully saturated rings. The van der Waals surface area contributed by atoms with Crippen molar-refractivity contribution in [3.05, 3.63) is 39.6 Å². The highest BCUT2D eigenvalue weighted by Crippen LogP contribution is 2.32. The van der Waals surface area contributed by atoms with Gasteiger partial charge in [-0.25, -0.2) is 0 Å². The molecule has 84 valence electrons. The molecule has 0 saturated heterocycles. The molecule has 0 N–H and O–H groups in total. The second-order valence-corrected chi connectivity index (χ2v) is 4.39. The van der Waals surface area contributed by atoms with E-state index in [0.717, 1.165) is 10.0 Å². The number of carbonyl (C=O) groups is 1. The number of hydrogen-bond donors (Lipinski definition) is 0. The SMILES string of the molecule is CCOC1=C(F)C(=O)Cc2cc(Br)ccc21. The average Bonchev–Trinajstić information content (AvgIpc) is 2.24. The van der Waals surface area contributed by atoms with E-state index in [9.17, 15) is 9.18 Å². The summed E-state index contributed by atoms with van der Waals surface area (Å²) in [5.74, 6) is -1.22. The van der Waals surface area contributed by atoms with E-state index in [4.69, 9.17) is 4.74 Å². The Morgan fingerprint density at radius 1 is 1.50 bits per heavy atom. The molecule has 0 bridgehead atoms. The first-order valence-corrected chi connectivity index (χ1v) is 5.77. The summed E-state index contributed by atoms with van der Waals surface area (Å²) in [6, 6.07) is 5.38. The second kappa shape index (κ2) is 4.37. The third kappa shape index (κ3) is 1.89. The standard InChI is InChI=1S/C12H10BrFO2/c1-2-16-12-9-4-3-8(13)5-7(9)6-10(15)11(12)14/h3-5H,2,6H2,1H3. The maximum atomic E-state index is 13.6. The van der Waals surface area contributed by atoms with Crippen LogP contribution in [0.5, 0.6) is 0 Å². The third-order valence-electron chi connectivity index (χ3n) is 2.40. The first kappa shape index (κ1) is 11.3. The number of ether oxygens (including phenoxy) is 1. The highest BCUT2D eigenvalue weighted by molar-refractivity contribution is 9.10. The van der Waals surface area contributed by atoms with E-state index in [0.29, 0.717) is 12.2 Å². The lowest BCUT2D eigenvalue weighted by Crippen LogP contribution is -2.15. The Balaban J connectivity index is 2.56. The number of fused-ring (bicyclic) bond motifs is 1. The summed E-state index contributed by atoms with van der Waals surface area (Å²) in [6.07, 6.45) is 0.0944. The molecule has 1 aliphatic carbocycles. The first-order chi connectivity index (χ1) is 7.63. The summed E-state index contributed by atoms with van der Waals surface area (Å²) in [5, 5.41) is 0. The van der Waals surface area contributed by atoms with E-state index < -0.39 is 11.6 Å². The predicted octanol–water partition coefficient (Wildman–Crippen LogP) is 3.25. The van der Waals surface area contributed by atoms with E-state index >= 15 is 0 Å². The zero-order valence-electron chi connectivity index (χ0n) is 8.72. The van der Waals surface area contributed by atoms with E-state index in [1.165, 1.54) is 0 Å². The van der Waals surface area contributed by atoms with Crippen LogP contribution in [0.15, 0.2) is 28.5 Å². The van der Waals surface area contributed by atoms with Crippen molar-refractivity contribution in [2.45, 2.75) is 13.3 Å². The summed E-state index contributed by atoms with van der Waals surface area (Å²) in [7, 11) is 0. The molecule has 0 amide bonds. The van der Waals surface area contributed by atoms with Gasteiger partial charge in [0.25, 0.3) is 0 Å². The molecule has 0 spiro atoms. The average molecular weight is 285 g/mol. The monoisotopic (exact) mass is 284 g/mol. The molecule has 0 aliphatic heterocycles. The van der Waals surface area contributed by atoms with E-state index in [1.807, 2.05) is 6.07 Å².